The van der Waals surface area contributed by atoms with Crippen LogP contribution in [0.1, 0.15) is 105 Å². The molecule has 6 heterocycles. The number of hydrogen-bond acceptors (Lipinski definition) is 5. The van der Waals surface area contributed by atoms with E-state index >= 15 is 0 Å². The first kappa shape index (κ1) is 50.2. The van der Waals surface area contributed by atoms with E-state index in [2.05, 4.69) is 279 Å². The van der Waals surface area contributed by atoms with Crippen LogP contribution in [0.3, 0.4) is 0 Å². The van der Waals surface area contributed by atoms with Crippen LogP contribution in [0.2, 0.25) is 0 Å². The molecular weight excluding hydrogens is 1030 g/mol. The van der Waals surface area contributed by atoms with Gasteiger partial charge in [0, 0.05) is 97.7 Å². The summed E-state index contributed by atoms with van der Waals surface area (Å²) in [5.41, 5.74) is 22.8. The van der Waals surface area contributed by atoms with Crippen molar-refractivity contribution in [1.82, 2.24) is 4.57 Å². The highest BCUT2D eigenvalue weighted by Gasteiger charge is 2.47. The second-order valence-electron chi connectivity index (χ2n) is 27.8. The third-order valence-electron chi connectivity index (χ3n) is 18.4. The van der Waals surface area contributed by atoms with Crippen molar-refractivity contribution < 1.29 is 8.83 Å². The van der Waals surface area contributed by atoms with Gasteiger partial charge in [-0.2, -0.15) is 0 Å². The molecule has 83 heavy (non-hydrogen) atoms. The van der Waals surface area contributed by atoms with Crippen molar-refractivity contribution in [1.29, 1.82) is 0 Å². The smallest absolute Gasteiger partial charge is 0.333 e. The Morgan fingerprint density at radius 1 is 0.422 bits per heavy atom. The number of fused-ring (bicyclic) bond motifs is 19. The lowest BCUT2D eigenvalue weighted by Crippen LogP contribution is -2.60. The summed E-state index contributed by atoms with van der Waals surface area (Å²) in [7, 11) is 0. The fourth-order valence-corrected chi connectivity index (χ4v) is 15.1. The molecule has 0 aliphatic carbocycles. The van der Waals surface area contributed by atoms with Crippen molar-refractivity contribution in [2.75, 3.05) is 9.71 Å². The van der Waals surface area contributed by atoms with Gasteiger partial charge in [0.25, 0.3) is 0 Å². The molecule has 14 aromatic rings. The largest absolute Gasteiger partial charge is 0.456 e. The molecule has 0 unspecified atom stereocenters. The molecular formula is C76H66BN3O2S. The first-order chi connectivity index (χ1) is 39.7. The van der Waals surface area contributed by atoms with Crippen LogP contribution in [0.25, 0.3) is 103 Å². The Morgan fingerprint density at radius 2 is 0.988 bits per heavy atom. The minimum Gasteiger partial charge on any atom is -0.456 e. The van der Waals surface area contributed by atoms with E-state index in [9.17, 15) is 0 Å². The molecule has 5 nitrogen and oxygen atoms in total. The molecule has 0 saturated carbocycles. The number of rotatable bonds is 4. The number of benzene rings is 10. The zero-order valence-electron chi connectivity index (χ0n) is 49.5. The van der Waals surface area contributed by atoms with Crippen LogP contribution in [0.4, 0.5) is 28.4 Å². The fraction of sp³-hybridized carbons (Fsp3) is 0.211. The summed E-state index contributed by atoms with van der Waals surface area (Å²) in [5, 5.41) is 9.49. The monoisotopic (exact) mass is 1100 g/mol. The average Bonchev–Trinajstić information content (AvgIpc) is 1.61. The third-order valence-corrected chi connectivity index (χ3v) is 19.5. The number of nitrogens with zero attached hydrogens (tertiary/aromatic N) is 3. The van der Waals surface area contributed by atoms with Gasteiger partial charge in [-0.15, -0.1) is 11.3 Å². The zero-order valence-corrected chi connectivity index (χ0v) is 50.3. The van der Waals surface area contributed by atoms with Crippen molar-refractivity contribution in [3.63, 3.8) is 0 Å². The summed E-state index contributed by atoms with van der Waals surface area (Å²) in [4.78, 5) is 5.09. The lowest BCUT2D eigenvalue weighted by molar-refractivity contribution is 0.590. The van der Waals surface area contributed by atoms with Crippen molar-refractivity contribution in [3.05, 3.63) is 204 Å². The standard InChI is InChI=1S/C76H66BN3O2S/c1-73(2,3)43-21-28-47(29-22-43)78(48-30-23-44(24-31-48)74(4,5)6)50-34-35-52-55-39-57-60(42-66(55)83-65(52)38-50)80(49-32-25-45(26-33-49)75(7,8)9)77-58-41-64-54(51-17-13-15-19-62(51)81-64)40-61(58)79-59-36-27-46(76(10,11)12)37-56(59)67-68-53-18-14-16-20-63(53)82-72(68)69(57)70(77)71(67)79/h13-42H,1-12H3. The predicted octanol–water partition coefficient (Wildman–Crippen LogP) is 20.8. The molecule has 2 aliphatic heterocycles. The Bertz CT molecular complexity index is 5000. The van der Waals surface area contributed by atoms with Crippen LogP contribution in [-0.2, 0) is 21.7 Å². The highest BCUT2D eigenvalue weighted by molar-refractivity contribution is 7.26. The number of furan rings is 2. The minimum atomic E-state index is -0.258. The molecule has 0 atom stereocenters. The maximum atomic E-state index is 7.45. The maximum Gasteiger partial charge on any atom is 0.333 e. The maximum absolute atomic E-state index is 7.45. The normalized spacial score (nSPS) is 13.7. The highest BCUT2D eigenvalue weighted by atomic mass is 32.1. The lowest BCUT2D eigenvalue weighted by atomic mass is 9.43. The Morgan fingerprint density at radius 3 is 1.63 bits per heavy atom. The second kappa shape index (κ2) is 17.0. The predicted molar refractivity (Wildman–Crippen MR) is 357 cm³/mol. The Kier molecular flexibility index (Phi) is 10.3. The van der Waals surface area contributed by atoms with E-state index in [1.54, 1.807) is 0 Å². The quantitative estimate of drug-likeness (QED) is 0.165. The summed E-state index contributed by atoms with van der Waals surface area (Å²) in [6.45, 7) is 27.3. The van der Waals surface area contributed by atoms with E-state index in [1.807, 2.05) is 11.3 Å². The molecule has 0 amide bonds. The molecule has 0 fully saturated rings. The van der Waals surface area contributed by atoms with Crippen LogP contribution in [0.15, 0.2) is 191 Å². The number of aromatic nitrogens is 1. The lowest BCUT2D eigenvalue weighted by Gasteiger charge is -2.42. The minimum absolute atomic E-state index is 0.0232. The van der Waals surface area contributed by atoms with Crippen molar-refractivity contribution in [2.45, 2.75) is 105 Å². The van der Waals surface area contributed by atoms with Crippen molar-refractivity contribution >= 4 is 143 Å². The SMILES string of the molecule is CC(C)(C)c1ccc(N2B3c4cc5oc6ccccc6c5cc4-n4c5ccc(C(C)(C)C)cc5c5c6c(oc7ccccc76)c(c3c54)-c3cc4c(cc32)sc2cc(N(c3ccc(C(C)(C)C)cc3)c3ccc(C(C)(C)C)cc3)ccc24)cc1. The number of thiophene rings is 1. The number of para-hydroxylation sites is 2. The topological polar surface area (TPSA) is 37.7 Å². The van der Waals surface area contributed by atoms with Crippen molar-refractivity contribution in [3.8, 4) is 16.8 Å². The van der Waals surface area contributed by atoms with Gasteiger partial charge in [0.2, 0.25) is 0 Å². The van der Waals surface area contributed by atoms with Crippen molar-refractivity contribution in [2.24, 2.45) is 0 Å². The van der Waals surface area contributed by atoms with E-state index in [-0.39, 0.29) is 28.5 Å². The molecule has 0 spiro atoms. The Hall–Kier alpha value is -8.52. The fourth-order valence-electron chi connectivity index (χ4n) is 13.9. The molecule has 0 bridgehead atoms. The molecule has 4 aromatic heterocycles. The van der Waals surface area contributed by atoms with Crippen LogP contribution in [-0.4, -0.2) is 11.4 Å². The zero-order chi connectivity index (χ0) is 57.0. The Labute approximate surface area is 489 Å². The summed E-state index contributed by atoms with van der Waals surface area (Å²) < 4.78 is 19.4. The third kappa shape index (κ3) is 7.39. The molecule has 0 saturated heterocycles. The first-order valence-electron chi connectivity index (χ1n) is 29.5. The van der Waals surface area contributed by atoms with Crippen LogP contribution in [0, 0.1) is 0 Å². The molecule has 406 valence electrons. The van der Waals surface area contributed by atoms with E-state index in [0.29, 0.717) is 0 Å². The average molecular weight is 1100 g/mol. The van der Waals surface area contributed by atoms with Gasteiger partial charge in [-0.25, -0.2) is 0 Å². The van der Waals surface area contributed by atoms with Crippen LogP contribution >= 0.6 is 11.3 Å². The van der Waals surface area contributed by atoms with Crippen LogP contribution in [0.5, 0.6) is 0 Å². The summed E-state index contributed by atoms with van der Waals surface area (Å²) in [5.74, 6) is 0. The molecule has 7 heteroatoms. The molecule has 10 aromatic carbocycles. The number of hydrogen-bond donors (Lipinski definition) is 0. The molecule has 0 N–H and O–H groups in total. The van der Waals surface area contributed by atoms with E-state index in [1.165, 1.54) is 91.8 Å². The van der Waals surface area contributed by atoms with E-state index in [0.717, 1.165) is 72.5 Å². The van der Waals surface area contributed by atoms with Gasteiger partial charge in [-0.3, -0.25) is 0 Å². The van der Waals surface area contributed by atoms with E-state index < -0.39 is 0 Å². The van der Waals surface area contributed by atoms with Gasteiger partial charge in [-0.05, 0) is 152 Å². The number of anilines is 5. The van der Waals surface area contributed by atoms with Gasteiger partial charge in [-0.1, -0.05) is 168 Å². The van der Waals surface area contributed by atoms with Gasteiger partial charge < -0.3 is 23.1 Å². The molecule has 2 aliphatic rings. The van der Waals surface area contributed by atoms with Gasteiger partial charge >= 0.3 is 6.85 Å². The first-order valence-corrected chi connectivity index (χ1v) is 30.3. The Balaban J connectivity index is 1.01. The van der Waals surface area contributed by atoms with Gasteiger partial charge in [0.05, 0.1) is 11.0 Å². The molecule has 0 radical (unpaired) electrons. The highest BCUT2D eigenvalue weighted by Crippen LogP contribution is 2.54. The van der Waals surface area contributed by atoms with Gasteiger partial charge in [0.1, 0.15) is 22.3 Å². The van der Waals surface area contributed by atoms with E-state index in [4.69, 9.17) is 8.83 Å². The van der Waals surface area contributed by atoms with Crippen LogP contribution < -0.4 is 20.6 Å². The van der Waals surface area contributed by atoms with Gasteiger partial charge in [0.15, 0.2) is 0 Å². The summed E-state index contributed by atoms with van der Waals surface area (Å²) in [6.07, 6.45) is 0. The summed E-state index contributed by atoms with van der Waals surface area (Å²) >= 11 is 1.88. The summed E-state index contributed by atoms with van der Waals surface area (Å²) in [6, 6.07) is 69.1. The molecule has 16 rings (SSSR count). The second-order valence-corrected chi connectivity index (χ2v) is 28.9.